The van der Waals surface area contributed by atoms with Crippen LogP contribution in [0.15, 0.2) is 39.9 Å². The molecule has 0 unspecified atom stereocenters. The predicted octanol–water partition coefficient (Wildman–Crippen LogP) is 2.57. The number of hydrogen-bond acceptors (Lipinski definition) is 2. The Labute approximate surface area is 124 Å². The molecule has 0 fully saturated rings. The molecule has 1 N–H and O–H groups in total. The summed E-state index contributed by atoms with van der Waals surface area (Å²) in [6, 6.07) is 4.80. The molecule has 1 aromatic carbocycles. The first-order valence-electron chi connectivity index (χ1n) is 6.30. The molecule has 6 heteroatoms. The summed E-state index contributed by atoms with van der Waals surface area (Å²) in [5, 5.41) is 8.92. The third-order valence-corrected chi connectivity index (χ3v) is 3.76. The van der Waals surface area contributed by atoms with Gasteiger partial charge < -0.3 is 5.11 Å². The molecule has 0 aliphatic rings. The van der Waals surface area contributed by atoms with Crippen LogP contribution in [0.1, 0.15) is 29.3 Å². The smallest absolute Gasteiger partial charge is 0.335 e. The number of aryl methyl sites for hydroxylation is 1. The van der Waals surface area contributed by atoms with Crippen molar-refractivity contribution in [3.8, 4) is 0 Å². The molecule has 0 aliphatic carbocycles. The van der Waals surface area contributed by atoms with E-state index in [0.717, 1.165) is 12.0 Å². The summed E-state index contributed by atoms with van der Waals surface area (Å²) in [5.74, 6) is -0.969. The van der Waals surface area contributed by atoms with Crippen molar-refractivity contribution in [1.29, 1.82) is 0 Å². The fourth-order valence-corrected chi connectivity index (χ4v) is 2.48. The molecule has 5 nitrogen and oxygen atoms in total. The first kappa shape index (κ1) is 14.6. The minimum atomic E-state index is -0.969. The normalized spacial score (nSPS) is 10.7. The molecular formula is C14H15BrN2O3. The zero-order chi connectivity index (χ0) is 14.7. The molecular weight excluding hydrogens is 324 g/mol. The van der Waals surface area contributed by atoms with Gasteiger partial charge in [-0.2, -0.15) is 0 Å². The number of hydrogen-bond donors (Lipinski definition) is 1. The van der Waals surface area contributed by atoms with Crippen molar-refractivity contribution >= 4 is 21.9 Å². The number of nitrogens with zero attached hydrogens (tertiary/aromatic N) is 2. The van der Waals surface area contributed by atoms with Crippen LogP contribution in [-0.4, -0.2) is 20.2 Å². The number of aromatic nitrogens is 2. The molecule has 1 aromatic heterocycles. The predicted molar refractivity (Wildman–Crippen MR) is 79.2 cm³/mol. The molecule has 0 radical (unpaired) electrons. The zero-order valence-electron chi connectivity index (χ0n) is 11.0. The molecule has 0 saturated heterocycles. The topological polar surface area (TPSA) is 64.2 Å². The van der Waals surface area contributed by atoms with E-state index in [9.17, 15) is 9.59 Å². The van der Waals surface area contributed by atoms with E-state index in [-0.39, 0.29) is 11.3 Å². The van der Waals surface area contributed by atoms with Crippen LogP contribution in [0.25, 0.3) is 0 Å². The first-order chi connectivity index (χ1) is 9.52. The fourth-order valence-electron chi connectivity index (χ4n) is 1.98. The van der Waals surface area contributed by atoms with Crippen molar-refractivity contribution in [2.24, 2.45) is 0 Å². The van der Waals surface area contributed by atoms with E-state index in [1.165, 1.54) is 6.07 Å². The summed E-state index contributed by atoms with van der Waals surface area (Å²) in [5.41, 5.74) is 1.03. The maximum atomic E-state index is 12.1. The minimum Gasteiger partial charge on any atom is -0.478 e. The second-order valence-corrected chi connectivity index (χ2v) is 5.37. The maximum Gasteiger partial charge on any atom is 0.335 e. The van der Waals surface area contributed by atoms with Gasteiger partial charge >= 0.3 is 11.7 Å². The number of carbonyl (C=O) groups is 1. The summed E-state index contributed by atoms with van der Waals surface area (Å²) in [4.78, 5) is 22.9. The third-order valence-electron chi connectivity index (χ3n) is 3.02. The number of aromatic carboxylic acids is 1. The highest BCUT2D eigenvalue weighted by atomic mass is 79.9. The highest BCUT2D eigenvalue weighted by Crippen LogP contribution is 2.19. The van der Waals surface area contributed by atoms with E-state index < -0.39 is 5.97 Å². The number of carboxylic acids is 1. The van der Waals surface area contributed by atoms with Crippen LogP contribution >= 0.6 is 15.9 Å². The van der Waals surface area contributed by atoms with E-state index >= 15 is 0 Å². The molecule has 0 bridgehead atoms. The van der Waals surface area contributed by atoms with Crippen LogP contribution in [0.5, 0.6) is 0 Å². The lowest BCUT2D eigenvalue weighted by Gasteiger charge is -2.06. The molecule has 2 aromatic rings. The van der Waals surface area contributed by atoms with Crippen LogP contribution < -0.4 is 5.69 Å². The quantitative estimate of drug-likeness (QED) is 0.911. The molecule has 0 aliphatic heterocycles. The van der Waals surface area contributed by atoms with Crippen LogP contribution in [0.3, 0.4) is 0 Å². The molecule has 1 heterocycles. The Kier molecular flexibility index (Phi) is 4.44. The number of benzene rings is 1. The number of rotatable bonds is 5. The van der Waals surface area contributed by atoms with Crippen molar-refractivity contribution in [2.45, 2.75) is 26.4 Å². The Bertz CT molecular complexity index is 688. The monoisotopic (exact) mass is 338 g/mol. The molecule has 20 heavy (non-hydrogen) atoms. The molecule has 0 spiro atoms. The van der Waals surface area contributed by atoms with Crippen molar-refractivity contribution in [1.82, 2.24) is 9.13 Å². The summed E-state index contributed by atoms with van der Waals surface area (Å²) >= 11 is 3.35. The van der Waals surface area contributed by atoms with E-state index in [0.29, 0.717) is 17.6 Å². The van der Waals surface area contributed by atoms with Crippen molar-refractivity contribution in [3.05, 3.63) is 56.7 Å². The third kappa shape index (κ3) is 3.01. The van der Waals surface area contributed by atoms with Crippen LogP contribution in [0, 0.1) is 0 Å². The van der Waals surface area contributed by atoms with Gasteiger partial charge in [-0.15, -0.1) is 0 Å². The number of imidazole rings is 1. The fraction of sp³-hybridized carbons (Fsp3) is 0.286. The van der Waals surface area contributed by atoms with Gasteiger partial charge in [-0.05, 0) is 24.1 Å². The highest BCUT2D eigenvalue weighted by molar-refractivity contribution is 9.10. The van der Waals surface area contributed by atoms with Crippen LogP contribution in [0.2, 0.25) is 0 Å². The second-order valence-electron chi connectivity index (χ2n) is 4.51. The van der Waals surface area contributed by atoms with Crippen molar-refractivity contribution in [2.75, 3.05) is 0 Å². The van der Waals surface area contributed by atoms with Gasteiger partial charge in [-0.25, -0.2) is 9.59 Å². The number of carboxylic acid groups (broad SMARTS) is 1. The van der Waals surface area contributed by atoms with Gasteiger partial charge in [0.2, 0.25) is 0 Å². The minimum absolute atomic E-state index is 0.0546. The van der Waals surface area contributed by atoms with Crippen molar-refractivity contribution < 1.29 is 9.90 Å². The van der Waals surface area contributed by atoms with Gasteiger partial charge in [0, 0.05) is 23.4 Å². The van der Waals surface area contributed by atoms with E-state index in [1.807, 2.05) is 6.92 Å². The summed E-state index contributed by atoms with van der Waals surface area (Å²) in [6.45, 7) is 3.13. The van der Waals surface area contributed by atoms with Gasteiger partial charge in [0.1, 0.15) is 0 Å². The highest BCUT2D eigenvalue weighted by Gasteiger charge is 2.09. The summed E-state index contributed by atoms with van der Waals surface area (Å²) in [7, 11) is 0. The van der Waals surface area contributed by atoms with Gasteiger partial charge in [0.05, 0.1) is 12.1 Å². The van der Waals surface area contributed by atoms with E-state index in [4.69, 9.17) is 5.11 Å². The largest absolute Gasteiger partial charge is 0.478 e. The Morgan fingerprint density at radius 1 is 1.30 bits per heavy atom. The molecule has 0 atom stereocenters. The van der Waals surface area contributed by atoms with Crippen LogP contribution in [0.4, 0.5) is 0 Å². The van der Waals surface area contributed by atoms with Gasteiger partial charge in [-0.3, -0.25) is 9.13 Å². The molecule has 2 rings (SSSR count). The lowest BCUT2D eigenvalue weighted by Crippen LogP contribution is -2.24. The zero-order valence-corrected chi connectivity index (χ0v) is 12.6. The first-order valence-corrected chi connectivity index (χ1v) is 7.09. The Balaban J connectivity index is 2.26. The average Bonchev–Trinajstić information content (AvgIpc) is 2.74. The van der Waals surface area contributed by atoms with E-state index in [1.54, 1.807) is 33.7 Å². The Morgan fingerprint density at radius 3 is 2.60 bits per heavy atom. The van der Waals surface area contributed by atoms with Crippen molar-refractivity contribution in [3.63, 3.8) is 0 Å². The van der Waals surface area contributed by atoms with E-state index in [2.05, 4.69) is 15.9 Å². The number of halogens is 1. The lowest BCUT2D eigenvalue weighted by molar-refractivity contribution is 0.0697. The Hall–Kier alpha value is -1.82. The summed E-state index contributed by atoms with van der Waals surface area (Å²) < 4.78 is 3.96. The standard InChI is InChI=1S/C14H15BrN2O3/c1-2-5-16-6-7-17(14(16)20)9-11-4-3-10(13(18)19)8-12(11)15/h3-4,6-8H,2,5,9H2,1H3,(H,18,19). The lowest BCUT2D eigenvalue weighted by atomic mass is 10.1. The van der Waals surface area contributed by atoms with Gasteiger partial charge in [0.25, 0.3) is 0 Å². The Morgan fingerprint density at radius 2 is 2.00 bits per heavy atom. The second kappa shape index (κ2) is 6.09. The maximum absolute atomic E-state index is 12.1. The summed E-state index contributed by atoms with van der Waals surface area (Å²) in [6.07, 6.45) is 4.42. The van der Waals surface area contributed by atoms with Crippen LogP contribution in [-0.2, 0) is 13.1 Å². The van der Waals surface area contributed by atoms with Gasteiger partial charge in [-0.1, -0.05) is 28.9 Å². The molecule has 0 amide bonds. The molecule has 0 saturated carbocycles. The van der Waals surface area contributed by atoms with Gasteiger partial charge in [0.15, 0.2) is 0 Å². The SMILES string of the molecule is CCCn1ccn(Cc2ccc(C(=O)O)cc2Br)c1=O. The molecule has 106 valence electrons. The average molecular weight is 339 g/mol.